The third kappa shape index (κ3) is 7.44. The summed E-state index contributed by atoms with van der Waals surface area (Å²) in [6, 6.07) is 6.94. The van der Waals surface area contributed by atoms with Gasteiger partial charge in [-0.1, -0.05) is 23.7 Å². The van der Waals surface area contributed by atoms with Gasteiger partial charge in [0.2, 0.25) is 0 Å². The first kappa shape index (κ1) is 23.9. The minimum absolute atomic E-state index is 0. The fraction of sp³-hybridized carbons (Fsp3) is 0.556. The van der Waals surface area contributed by atoms with Gasteiger partial charge in [-0.05, 0) is 25.0 Å². The monoisotopic (exact) mass is 510 g/mol. The van der Waals surface area contributed by atoms with Crippen molar-refractivity contribution in [2.24, 2.45) is 10.4 Å². The molecule has 0 aliphatic carbocycles. The minimum Gasteiger partial charge on any atom is -0.396 e. The maximum absolute atomic E-state index is 12.1. The number of nitrogens with one attached hydrogen (secondary N) is 3. The first-order chi connectivity index (χ1) is 12.6. The number of nitrogens with zero attached hydrogens (tertiary/aromatic N) is 1. The van der Waals surface area contributed by atoms with Crippen LogP contribution in [0.2, 0.25) is 5.02 Å². The molecule has 1 atom stereocenters. The number of halogens is 2. The predicted octanol–water partition coefficient (Wildman–Crippen LogP) is 1.64. The van der Waals surface area contributed by atoms with Crippen LogP contribution in [-0.4, -0.2) is 63.5 Å². The Morgan fingerprint density at radius 3 is 2.67 bits per heavy atom. The Bertz CT molecular complexity index is 624. The van der Waals surface area contributed by atoms with Crippen LogP contribution >= 0.6 is 35.6 Å². The Balaban J connectivity index is 0.00000364. The maximum Gasteiger partial charge on any atom is 0.252 e. The lowest BCUT2D eigenvalue weighted by Gasteiger charge is -2.27. The molecular weight excluding hydrogens is 483 g/mol. The van der Waals surface area contributed by atoms with Crippen molar-refractivity contribution in [3.8, 4) is 0 Å². The SMILES string of the molecule is CN=C(NCCNC(=O)c1ccccc1Cl)NCC1(CCO)CCOC1.I. The molecule has 1 aliphatic rings. The van der Waals surface area contributed by atoms with Crippen LogP contribution in [0.4, 0.5) is 0 Å². The Labute approximate surface area is 182 Å². The lowest BCUT2D eigenvalue weighted by Crippen LogP contribution is -2.46. The zero-order valence-electron chi connectivity index (χ0n) is 15.5. The number of benzene rings is 1. The normalized spacial score (nSPS) is 19.3. The second-order valence-electron chi connectivity index (χ2n) is 6.36. The van der Waals surface area contributed by atoms with Crippen molar-refractivity contribution < 1.29 is 14.6 Å². The van der Waals surface area contributed by atoms with Gasteiger partial charge in [-0.25, -0.2) is 0 Å². The van der Waals surface area contributed by atoms with Gasteiger partial charge in [0.25, 0.3) is 5.91 Å². The summed E-state index contributed by atoms with van der Waals surface area (Å²) in [7, 11) is 1.70. The van der Waals surface area contributed by atoms with E-state index in [9.17, 15) is 9.90 Å². The van der Waals surface area contributed by atoms with Crippen LogP contribution in [0.1, 0.15) is 23.2 Å². The topological polar surface area (TPSA) is 95.0 Å². The van der Waals surface area contributed by atoms with Crippen LogP contribution in [0.5, 0.6) is 0 Å². The van der Waals surface area contributed by atoms with Crippen LogP contribution < -0.4 is 16.0 Å². The van der Waals surface area contributed by atoms with E-state index in [1.165, 1.54) is 0 Å². The summed E-state index contributed by atoms with van der Waals surface area (Å²) < 4.78 is 5.49. The number of guanidine groups is 1. The molecular formula is C18H28ClIN4O3. The number of rotatable bonds is 8. The molecule has 0 radical (unpaired) electrons. The number of ether oxygens (including phenoxy) is 1. The number of aliphatic hydroxyl groups excluding tert-OH is 1. The van der Waals surface area contributed by atoms with Gasteiger partial charge in [0, 0.05) is 45.3 Å². The molecule has 0 bridgehead atoms. The van der Waals surface area contributed by atoms with Crippen molar-refractivity contribution in [2.45, 2.75) is 12.8 Å². The van der Waals surface area contributed by atoms with E-state index in [0.29, 0.717) is 49.2 Å². The molecule has 1 aromatic rings. The average molecular weight is 511 g/mol. The molecule has 1 saturated heterocycles. The minimum atomic E-state index is -0.203. The smallest absolute Gasteiger partial charge is 0.252 e. The Morgan fingerprint density at radius 1 is 1.30 bits per heavy atom. The molecule has 0 saturated carbocycles. The average Bonchev–Trinajstić information content (AvgIpc) is 3.10. The summed E-state index contributed by atoms with van der Waals surface area (Å²) in [6.07, 6.45) is 1.62. The second kappa shape index (κ2) is 12.4. The van der Waals surface area contributed by atoms with E-state index in [2.05, 4.69) is 20.9 Å². The molecule has 152 valence electrons. The molecule has 1 heterocycles. The fourth-order valence-corrected chi connectivity index (χ4v) is 3.12. The zero-order chi connectivity index (χ0) is 18.8. The Kier molecular flexibility index (Phi) is 11.0. The van der Waals surface area contributed by atoms with Crippen molar-refractivity contribution in [1.82, 2.24) is 16.0 Å². The highest BCUT2D eigenvalue weighted by Crippen LogP contribution is 2.31. The van der Waals surface area contributed by atoms with Crippen LogP contribution in [-0.2, 0) is 4.74 Å². The number of carbonyl (C=O) groups excluding carboxylic acids is 1. The van der Waals surface area contributed by atoms with Crippen molar-refractivity contribution in [1.29, 1.82) is 0 Å². The molecule has 1 aromatic carbocycles. The van der Waals surface area contributed by atoms with Gasteiger partial charge < -0.3 is 25.8 Å². The number of hydrogen-bond acceptors (Lipinski definition) is 4. The molecule has 1 amide bonds. The third-order valence-corrected chi connectivity index (χ3v) is 4.83. The fourth-order valence-electron chi connectivity index (χ4n) is 2.90. The lowest BCUT2D eigenvalue weighted by molar-refractivity contribution is 0.0954. The molecule has 7 nitrogen and oxygen atoms in total. The van der Waals surface area contributed by atoms with Gasteiger partial charge in [-0.15, -0.1) is 24.0 Å². The highest BCUT2D eigenvalue weighted by Gasteiger charge is 2.34. The summed E-state index contributed by atoms with van der Waals surface area (Å²) in [5.41, 5.74) is 0.411. The van der Waals surface area contributed by atoms with Crippen molar-refractivity contribution in [3.05, 3.63) is 34.9 Å². The second-order valence-corrected chi connectivity index (χ2v) is 6.77. The van der Waals surface area contributed by atoms with Crippen LogP contribution in [0, 0.1) is 5.41 Å². The molecule has 9 heteroatoms. The van der Waals surface area contributed by atoms with E-state index in [1.54, 1.807) is 31.3 Å². The highest BCUT2D eigenvalue weighted by atomic mass is 127. The van der Waals surface area contributed by atoms with E-state index in [4.69, 9.17) is 16.3 Å². The standard InChI is InChI=1S/C18H27ClN4O3.HI/c1-20-17(23-12-18(6-10-24)7-11-26-13-18)22-9-8-21-16(25)14-4-2-3-5-15(14)19;/h2-5,24H,6-13H2,1H3,(H,21,25)(H2,20,22,23);1H. The zero-order valence-corrected chi connectivity index (χ0v) is 18.5. The van der Waals surface area contributed by atoms with Gasteiger partial charge >= 0.3 is 0 Å². The third-order valence-electron chi connectivity index (χ3n) is 4.50. The maximum atomic E-state index is 12.1. The van der Waals surface area contributed by atoms with E-state index in [1.807, 2.05) is 0 Å². The Hall–Kier alpha value is -1.10. The first-order valence-corrected chi connectivity index (χ1v) is 9.14. The molecule has 1 unspecified atom stereocenters. The van der Waals surface area contributed by atoms with Gasteiger partial charge in [0.05, 0.1) is 17.2 Å². The molecule has 4 N–H and O–H groups in total. The van der Waals surface area contributed by atoms with Crippen molar-refractivity contribution >= 4 is 47.4 Å². The van der Waals surface area contributed by atoms with Gasteiger partial charge in [-0.2, -0.15) is 0 Å². The van der Waals surface area contributed by atoms with Crippen molar-refractivity contribution in [2.75, 3.05) is 46.5 Å². The van der Waals surface area contributed by atoms with E-state index < -0.39 is 0 Å². The van der Waals surface area contributed by atoms with Crippen molar-refractivity contribution in [3.63, 3.8) is 0 Å². The van der Waals surface area contributed by atoms with Crippen LogP contribution in [0.15, 0.2) is 29.3 Å². The molecule has 1 fully saturated rings. The Morgan fingerprint density at radius 2 is 2.04 bits per heavy atom. The van der Waals surface area contributed by atoms with Crippen LogP contribution in [0.3, 0.4) is 0 Å². The number of hydrogen-bond donors (Lipinski definition) is 4. The molecule has 2 rings (SSSR count). The van der Waals surface area contributed by atoms with Gasteiger partial charge in [0.15, 0.2) is 5.96 Å². The largest absolute Gasteiger partial charge is 0.396 e. The lowest BCUT2D eigenvalue weighted by atomic mass is 9.84. The summed E-state index contributed by atoms with van der Waals surface area (Å²) in [6.45, 7) is 3.16. The van der Waals surface area contributed by atoms with E-state index in [0.717, 1.165) is 13.0 Å². The van der Waals surface area contributed by atoms with E-state index in [-0.39, 0.29) is 41.9 Å². The van der Waals surface area contributed by atoms with E-state index >= 15 is 0 Å². The number of aliphatic imine (C=N–C) groups is 1. The van der Waals surface area contributed by atoms with Gasteiger partial charge in [-0.3, -0.25) is 9.79 Å². The molecule has 0 aromatic heterocycles. The summed E-state index contributed by atoms with van der Waals surface area (Å²) in [5.74, 6) is 0.451. The molecule has 0 spiro atoms. The molecule has 1 aliphatic heterocycles. The first-order valence-electron chi connectivity index (χ1n) is 8.76. The number of aliphatic hydroxyl groups is 1. The highest BCUT2D eigenvalue weighted by molar-refractivity contribution is 14.0. The number of carbonyl (C=O) groups is 1. The predicted molar refractivity (Wildman–Crippen MR) is 118 cm³/mol. The quantitative estimate of drug-likeness (QED) is 0.185. The number of amides is 1. The van der Waals surface area contributed by atoms with Crippen LogP contribution in [0.25, 0.3) is 0 Å². The molecule has 27 heavy (non-hydrogen) atoms. The summed E-state index contributed by atoms with van der Waals surface area (Å²) in [5, 5.41) is 19.0. The van der Waals surface area contributed by atoms with Gasteiger partial charge in [0.1, 0.15) is 0 Å². The summed E-state index contributed by atoms with van der Waals surface area (Å²) >= 11 is 6.01. The summed E-state index contributed by atoms with van der Waals surface area (Å²) in [4.78, 5) is 16.3.